The molecule has 0 spiro atoms. The number of hydrogen-bond donors (Lipinski definition) is 0. The minimum Gasteiger partial charge on any atom is -0.469 e. The van der Waals surface area contributed by atoms with Crippen LogP contribution < -0.4 is 0 Å². The van der Waals surface area contributed by atoms with Gasteiger partial charge in [-0.2, -0.15) is 0 Å². The first-order valence-corrected chi connectivity index (χ1v) is 6.93. The zero-order chi connectivity index (χ0) is 15.9. The molecule has 5 nitrogen and oxygen atoms in total. The first kappa shape index (κ1) is 14.3. The van der Waals surface area contributed by atoms with Crippen molar-refractivity contribution in [3.63, 3.8) is 0 Å². The number of nitrogens with zero attached hydrogens (tertiary/aromatic N) is 1. The summed E-state index contributed by atoms with van der Waals surface area (Å²) in [5, 5.41) is 11.1. The predicted octanol–water partition coefficient (Wildman–Crippen LogP) is 3.44. The molecule has 1 unspecified atom stereocenters. The molecule has 1 atom stereocenters. The Morgan fingerprint density at radius 2 is 1.86 bits per heavy atom. The van der Waals surface area contributed by atoms with Crippen LogP contribution in [-0.2, 0) is 14.9 Å². The number of hydrogen-bond acceptors (Lipinski definition) is 4. The highest BCUT2D eigenvalue weighted by atomic mass is 16.6. The second kappa shape index (κ2) is 4.94. The third-order valence-electron chi connectivity index (χ3n) is 4.35. The van der Waals surface area contributed by atoms with Crippen LogP contribution in [0.4, 0.5) is 5.69 Å². The lowest BCUT2D eigenvalue weighted by molar-refractivity contribution is -0.384. The monoisotopic (exact) mass is 297 g/mol. The molecule has 0 aliphatic heterocycles. The van der Waals surface area contributed by atoms with E-state index in [1.54, 1.807) is 12.1 Å². The molecule has 0 saturated heterocycles. The minimum atomic E-state index is -0.620. The number of methoxy groups -OCH3 is 1. The summed E-state index contributed by atoms with van der Waals surface area (Å²) in [6, 6.07) is 12.6. The number of fused-ring (bicyclic) bond motifs is 3. The lowest BCUT2D eigenvalue weighted by Gasteiger charge is -2.25. The van der Waals surface area contributed by atoms with Gasteiger partial charge in [0.05, 0.1) is 18.5 Å². The van der Waals surface area contributed by atoms with Crippen molar-refractivity contribution in [2.45, 2.75) is 18.8 Å². The standard InChI is InChI=1S/C17H15NO4/c1-17(10-16(19)22-2)14-6-4-3-5-12(14)13-8-7-11(18(20)21)9-15(13)17/h3-9H,10H2,1-2H3. The molecule has 2 aromatic rings. The Balaban J connectivity index is 2.24. The molecule has 2 aromatic carbocycles. The molecule has 112 valence electrons. The smallest absolute Gasteiger partial charge is 0.306 e. The first-order valence-electron chi connectivity index (χ1n) is 6.93. The SMILES string of the molecule is COC(=O)CC1(C)c2ccccc2-c2ccc([N+](=O)[O-])cc21. The number of rotatable bonds is 3. The van der Waals surface area contributed by atoms with Crippen LogP contribution in [-0.4, -0.2) is 18.0 Å². The van der Waals surface area contributed by atoms with Gasteiger partial charge in [0.1, 0.15) is 0 Å². The third kappa shape index (κ3) is 1.97. The van der Waals surface area contributed by atoms with E-state index in [1.807, 2.05) is 31.2 Å². The fourth-order valence-corrected chi connectivity index (χ4v) is 3.23. The Labute approximate surface area is 127 Å². The van der Waals surface area contributed by atoms with E-state index in [2.05, 4.69) is 0 Å². The molecule has 0 N–H and O–H groups in total. The van der Waals surface area contributed by atoms with E-state index in [4.69, 9.17) is 4.74 Å². The number of carbonyl (C=O) groups is 1. The lowest BCUT2D eigenvalue weighted by Crippen LogP contribution is -2.25. The van der Waals surface area contributed by atoms with Crippen molar-refractivity contribution in [2.24, 2.45) is 0 Å². The van der Waals surface area contributed by atoms with E-state index in [-0.39, 0.29) is 18.1 Å². The number of benzene rings is 2. The van der Waals surface area contributed by atoms with Crippen molar-refractivity contribution in [3.8, 4) is 11.1 Å². The molecule has 0 heterocycles. The Kier molecular flexibility index (Phi) is 3.20. The van der Waals surface area contributed by atoms with E-state index in [9.17, 15) is 14.9 Å². The number of nitro benzene ring substituents is 1. The number of esters is 1. The molecular weight excluding hydrogens is 282 g/mol. The van der Waals surface area contributed by atoms with Gasteiger partial charge in [-0.3, -0.25) is 14.9 Å². The highest BCUT2D eigenvalue weighted by molar-refractivity contribution is 5.85. The summed E-state index contributed by atoms with van der Waals surface area (Å²) in [6.07, 6.45) is 0.148. The van der Waals surface area contributed by atoms with Gasteiger partial charge < -0.3 is 4.74 Å². The Bertz CT molecular complexity index is 784. The molecule has 0 amide bonds. The van der Waals surface area contributed by atoms with Gasteiger partial charge in [-0.1, -0.05) is 31.2 Å². The van der Waals surface area contributed by atoms with Gasteiger partial charge in [0, 0.05) is 17.5 Å². The quantitative estimate of drug-likeness (QED) is 0.494. The van der Waals surface area contributed by atoms with Crippen LogP contribution in [0.3, 0.4) is 0 Å². The van der Waals surface area contributed by atoms with Gasteiger partial charge >= 0.3 is 5.97 Å². The zero-order valence-electron chi connectivity index (χ0n) is 12.3. The maximum atomic E-state index is 11.9. The van der Waals surface area contributed by atoms with Crippen molar-refractivity contribution in [2.75, 3.05) is 7.11 Å². The maximum absolute atomic E-state index is 11.9. The molecule has 0 fully saturated rings. The molecule has 5 heteroatoms. The predicted molar refractivity (Wildman–Crippen MR) is 81.6 cm³/mol. The number of nitro groups is 1. The van der Waals surface area contributed by atoms with Gasteiger partial charge in [-0.05, 0) is 28.3 Å². The van der Waals surface area contributed by atoms with Crippen molar-refractivity contribution in [3.05, 3.63) is 63.7 Å². The Morgan fingerprint density at radius 3 is 2.55 bits per heavy atom. The molecule has 0 bridgehead atoms. The average Bonchev–Trinajstić information content (AvgIpc) is 2.77. The van der Waals surface area contributed by atoms with E-state index < -0.39 is 10.3 Å². The van der Waals surface area contributed by atoms with Crippen molar-refractivity contribution in [1.29, 1.82) is 0 Å². The summed E-state index contributed by atoms with van der Waals surface area (Å²) in [5.41, 5.74) is 3.16. The van der Waals surface area contributed by atoms with E-state index in [1.165, 1.54) is 13.2 Å². The highest BCUT2D eigenvalue weighted by Gasteiger charge is 2.41. The molecule has 0 radical (unpaired) electrons. The summed E-state index contributed by atoms with van der Waals surface area (Å²) in [6.45, 7) is 1.93. The molecular formula is C17H15NO4. The van der Waals surface area contributed by atoms with Crippen LogP contribution in [0, 0.1) is 10.1 Å². The van der Waals surface area contributed by atoms with Gasteiger partial charge in [-0.25, -0.2) is 0 Å². The average molecular weight is 297 g/mol. The van der Waals surface area contributed by atoms with Crippen LogP contribution in [0.25, 0.3) is 11.1 Å². The summed E-state index contributed by atoms with van der Waals surface area (Å²) >= 11 is 0. The molecule has 22 heavy (non-hydrogen) atoms. The van der Waals surface area contributed by atoms with Crippen LogP contribution >= 0.6 is 0 Å². The highest BCUT2D eigenvalue weighted by Crippen LogP contribution is 2.51. The summed E-state index contributed by atoms with van der Waals surface area (Å²) in [5.74, 6) is -0.336. The van der Waals surface area contributed by atoms with Gasteiger partial charge in [0.15, 0.2) is 0 Å². The van der Waals surface area contributed by atoms with E-state index in [0.29, 0.717) is 0 Å². The molecule has 1 aliphatic rings. The Morgan fingerprint density at radius 1 is 1.18 bits per heavy atom. The fourth-order valence-electron chi connectivity index (χ4n) is 3.23. The van der Waals surface area contributed by atoms with Gasteiger partial charge in [0.25, 0.3) is 5.69 Å². The lowest BCUT2D eigenvalue weighted by atomic mass is 9.77. The van der Waals surface area contributed by atoms with Crippen molar-refractivity contribution < 1.29 is 14.5 Å². The first-order chi connectivity index (χ1) is 10.5. The van der Waals surface area contributed by atoms with Crippen LogP contribution in [0.15, 0.2) is 42.5 Å². The second-order valence-corrected chi connectivity index (χ2v) is 5.62. The van der Waals surface area contributed by atoms with Gasteiger partial charge in [-0.15, -0.1) is 0 Å². The molecule has 0 aromatic heterocycles. The normalized spacial score (nSPS) is 18.5. The fraction of sp³-hybridized carbons (Fsp3) is 0.235. The maximum Gasteiger partial charge on any atom is 0.306 e. The second-order valence-electron chi connectivity index (χ2n) is 5.62. The Hall–Kier alpha value is -2.69. The summed E-state index contributed by atoms with van der Waals surface area (Å²) in [4.78, 5) is 22.5. The minimum absolute atomic E-state index is 0.0302. The molecule has 0 saturated carbocycles. The van der Waals surface area contributed by atoms with Crippen molar-refractivity contribution in [1.82, 2.24) is 0 Å². The van der Waals surface area contributed by atoms with Crippen LogP contribution in [0.2, 0.25) is 0 Å². The van der Waals surface area contributed by atoms with E-state index in [0.717, 1.165) is 22.3 Å². The summed E-state index contributed by atoms with van der Waals surface area (Å²) < 4.78 is 4.81. The number of carbonyl (C=O) groups excluding carboxylic acids is 1. The van der Waals surface area contributed by atoms with Crippen molar-refractivity contribution >= 4 is 11.7 Å². The molecule has 1 aliphatic carbocycles. The number of ether oxygens (including phenoxy) is 1. The number of non-ortho nitro benzene ring substituents is 1. The topological polar surface area (TPSA) is 69.4 Å². The van der Waals surface area contributed by atoms with Crippen LogP contribution in [0.1, 0.15) is 24.5 Å². The largest absolute Gasteiger partial charge is 0.469 e. The van der Waals surface area contributed by atoms with Gasteiger partial charge in [0.2, 0.25) is 0 Å². The molecule has 3 rings (SSSR count). The van der Waals surface area contributed by atoms with E-state index >= 15 is 0 Å². The zero-order valence-corrected chi connectivity index (χ0v) is 12.3. The third-order valence-corrected chi connectivity index (χ3v) is 4.35. The van der Waals surface area contributed by atoms with Crippen LogP contribution in [0.5, 0.6) is 0 Å². The summed E-state index contributed by atoms with van der Waals surface area (Å²) in [7, 11) is 1.35.